The summed E-state index contributed by atoms with van der Waals surface area (Å²) in [6, 6.07) is 17.9. The zero-order valence-corrected chi connectivity index (χ0v) is 14.0. The Hall–Kier alpha value is -3.01. The SMILES string of the molecule is Cc1cccc(-c2ncccc2CNC(=O)Cc2ccc(F)cc2)c1. The third kappa shape index (κ3) is 4.51. The summed E-state index contributed by atoms with van der Waals surface area (Å²) in [5.74, 6) is -0.409. The molecule has 0 fully saturated rings. The Morgan fingerprint density at radius 3 is 2.64 bits per heavy atom. The molecule has 3 rings (SSSR count). The second-order valence-corrected chi connectivity index (χ2v) is 5.96. The van der Waals surface area contributed by atoms with Gasteiger partial charge in [0.1, 0.15) is 5.82 Å². The number of nitrogens with zero attached hydrogens (tertiary/aromatic N) is 1. The van der Waals surface area contributed by atoms with Crippen molar-refractivity contribution in [1.82, 2.24) is 10.3 Å². The number of hydrogen-bond acceptors (Lipinski definition) is 2. The van der Waals surface area contributed by atoms with E-state index < -0.39 is 0 Å². The summed E-state index contributed by atoms with van der Waals surface area (Å²) in [6.45, 7) is 2.44. The maximum Gasteiger partial charge on any atom is 0.224 e. The van der Waals surface area contributed by atoms with Gasteiger partial charge in [0, 0.05) is 18.3 Å². The molecule has 2 aromatic carbocycles. The monoisotopic (exact) mass is 334 g/mol. The molecule has 1 N–H and O–H groups in total. The van der Waals surface area contributed by atoms with Gasteiger partial charge in [-0.15, -0.1) is 0 Å². The minimum Gasteiger partial charge on any atom is -0.352 e. The minimum absolute atomic E-state index is 0.106. The van der Waals surface area contributed by atoms with E-state index in [0.717, 1.165) is 27.9 Å². The molecule has 0 saturated heterocycles. The second kappa shape index (κ2) is 7.71. The van der Waals surface area contributed by atoms with Gasteiger partial charge in [-0.25, -0.2) is 4.39 Å². The van der Waals surface area contributed by atoms with Gasteiger partial charge in [-0.3, -0.25) is 9.78 Å². The summed E-state index contributed by atoms with van der Waals surface area (Å²) in [6.07, 6.45) is 1.97. The molecule has 126 valence electrons. The number of benzene rings is 2. The molecule has 1 aromatic heterocycles. The summed E-state index contributed by atoms with van der Waals surface area (Å²) in [7, 11) is 0. The molecule has 3 aromatic rings. The van der Waals surface area contributed by atoms with Crippen LogP contribution < -0.4 is 5.32 Å². The molecule has 0 atom stereocenters. The molecule has 3 nitrogen and oxygen atoms in total. The predicted octanol–water partition coefficient (Wildman–Crippen LogP) is 4.06. The highest BCUT2D eigenvalue weighted by molar-refractivity contribution is 5.78. The molecule has 0 aliphatic rings. The molecule has 4 heteroatoms. The van der Waals surface area contributed by atoms with Crippen LogP contribution in [0.2, 0.25) is 0 Å². The van der Waals surface area contributed by atoms with Crippen molar-refractivity contribution in [3.63, 3.8) is 0 Å². The van der Waals surface area contributed by atoms with Crippen LogP contribution in [0.15, 0.2) is 66.9 Å². The van der Waals surface area contributed by atoms with Gasteiger partial charge in [-0.2, -0.15) is 0 Å². The van der Waals surface area contributed by atoms with Gasteiger partial charge >= 0.3 is 0 Å². The summed E-state index contributed by atoms with van der Waals surface area (Å²) in [5.41, 5.74) is 4.80. The van der Waals surface area contributed by atoms with Crippen LogP contribution in [0, 0.1) is 12.7 Å². The van der Waals surface area contributed by atoms with Crippen molar-refractivity contribution in [2.24, 2.45) is 0 Å². The van der Waals surface area contributed by atoms with E-state index >= 15 is 0 Å². The molecule has 0 aliphatic heterocycles. The van der Waals surface area contributed by atoms with Crippen molar-refractivity contribution in [1.29, 1.82) is 0 Å². The first-order valence-corrected chi connectivity index (χ1v) is 8.14. The molecule has 0 aliphatic carbocycles. The molecule has 0 saturated carbocycles. The molecule has 0 unspecified atom stereocenters. The lowest BCUT2D eigenvalue weighted by Crippen LogP contribution is -2.25. The average Bonchev–Trinajstić information content (AvgIpc) is 2.62. The summed E-state index contributed by atoms with van der Waals surface area (Å²) in [4.78, 5) is 16.6. The van der Waals surface area contributed by atoms with Crippen molar-refractivity contribution in [2.75, 3.05) is 0 Å². The van der Waals surface area contributed by atoms with Gasteiger partial charge in [0.25, 0.3) is 0 Å². The topological polar surface area (TPSA) is 42.0 Å². The number of carbonyl (C=O) groups excluding carboxylic acids is 1. The molecule has 0 bridgehead atoms. The Morgan fingerprint density at radius 2 is 1.88 bits per heavy atom. The molecule has 0 spiro atoms. The van der Waals surface area contributed by atoms with Crippen molar-refractivity contribution < 1.29 is 9.18 Å². The zero-order valence-electron chi connectivity index (χ0n) is 14.0. The second-order valence-electron chi connectivity index (χ2n) is 5.96. The van der Waals surface area contributed by atoms with E-state index in [1.54, 1.807) is 18.3 Å². The quantitative estimate of drug-likeness (QED) is 0.765. The van der Waals surface area contributed by atoms with E-state index in [4.69, 9.17) is 0 Å². The largest absolute Gasteiger partial charge is 0.352 e. The molecule has 1 amide bonds. The first-order chi connectivity index (χ1) is 12.1. The highest BCUT2D eigenvalue weighted by atomic mass is 19.1. The van der Waals surface area contributed by atoms with E-state index in [1.807, 2.05) is 37.3 Å². The van der Waals surface area contributed by atoms with Crippen LogP contribution in [0.25, 0.3) is 11.3 Å². The van der Waals surface area contributed by atoms with Crippen LogP contribution in [0.4, 0.5) is 4.39 Å². The number of pyridine rings is 1. The fraction of sp³-hybridized carbons (Fsp3) is 0.143. The molecule has 0 radical (unpaired) electrons. The number of halogens is 1. The van der Waals surface area contributed by atoms with Gasteiger partial charge in [-0.05, 0) is 42.3 Å². The van der Waals surface area contributed by atoms with Crippen LogP contribution >= 0.6 is 0 Å². The van der Waals surface area contributed by atoms with Gasteiger partial charge in [0.05, 0.1) is 12.1 Å². The highest BCUT2D eigenvalue weighted by Gasteiger charge is 2.09. The number of carbonyl (C=O) groups is 1. The standard InChI is InChI=1S/C21H19FN2O/c1-15-4-2-5-17(12-15)21-18(6-3-11-23-21)14-24-20(25)13-16-7-9-19(22)10-8-16/h2-12H,13-14H2,1H3,(H,24,25). The molecule has 25 heavy (non-hydrogen) atoms. The zero-order chi connectivity index (χ0) is 17.6. The van der Waals surface area contributed by atoms with E-state index in [-0.39, 0.29) is 18.1 Å². The number of rotatable bonds is 5. The van der Waals surface area contributed by atoms with Gasteiger partial charge in [0.2, 0.25) is 5.91 Å². The van der Waals surface area contributed by atoms with Gasteiger partial charge < -0.3 is 5.32 Å². The lowest BCUT2D eigenvalue weighted by atomic mass is 10.0. The smallest absolute Gasteiger partial charge is 0.224 e. The van der Waals surface area contributed by atoms with Crippen molar-refractivity contribution in [3.8, 4) is 11.3 Å². The Morgan fingerprint density at radius 1 is 1.08 bits per heavy atom. The van der Waals surface area contributed by atoms with E-state index in [2.05, 4.69) is 16.4 Å². The Balaban J connectivity index is 1.69. The van der Waals surface area contributed by atoms with E-state index in [0.29, 0.717) is 6.54 Å². The number of aryl methyl sites for hydroxylation is 1. The van der Waals surface area contributed by atoms with Crippen LogP contribution in [0.1, 0.15) is 16.7 Å². The lowest BCUT2D eigenvalue weighted by Gasteiger charge is -2.11. The Bertz CT molecular complexity index is 875. The Labute approximate surface area is 146 Å². The predicted molar refractivity (Wildman–Crippen MR) is 96.4 cm³/mol. The fourth-order valence-corrected chi connectivity index (χ4v) is 2.68. The minimum atomic E-state index is -0.303. The maximum atomic E-state index is 12.9. The van der Waals surface area contributed by atoms with Crippen LogP contribution in [0.5, 0.6) is 0 Å². The third-order valence-electron chi connectivity index (χ3n) is 3.94. The van der Waals surface area contributed by atoms with Crippen molar-refractivity contribution in [2.45, 2.75) is 19.9 Å². The maximum absolute atomic E-state index is 12.9. The highest BCUT2D eigenvalue weighted by Crippen LogP contribution is 2.22. The number of nitrogens with one attached hydrogen (secondary N) is 1. The van der Waals surface area contributed by atoms with E-state index in [1.165, 1.54) is 12.1 Å². The van der Waals surface area contributed by atoms with Crippen LogP contribution in [-0.2, 0) is 17.8 Å². The van der Waals surface area contributed by atoms with Gasteiger partial charge in [-0.1, -0.05) is 42.0 Å². The normalized spacial score (nSPS) is 10.5. The van der Waals surface area contributed by atoms with Crippen molar-refractivity contribution in [3.05, 3.63) is 89.4 Å². The first-order valence-electron chi connectivity index (χ1n) is 8.14. The summed E-state index contributed by atoms with van der Waals surface area (Å²) < 4.78 is 12.9. The number of amides is 1. The van der Waals surface area contributed by atoms with E-state index in [9.17, 15) is 9.18 Å². The lowest BCUT2D eigenvalue weighted by molar-refractivity contribution is -0.120. The third-order valence-corrected chi connectivity index (χ3v) is 3.94. The number of aromatic nitrogens is 1. The fourth-order valence-electron chi connectivity index (χ4n) is 2.68. The molecular formula is C21H19FN2O. The van der Waals surface area contributed by atoms with Crippen molar-refractivity contribution >= 4 is 5.91 Å². The summed E-state index contributed by atoms with van der Waals surface area (Å²) >= 11 is 0. The van der Waals surface area contributed by atoms with Gasteiger partial charge in [0.15, 0.2) is 0 Å². The molecule has 1 heterocycles. The van der Waals surface area contributed by atoms with Crippen LogP contribution in [-0.4, -0.2) is 10.9 Å². The average molecular weight is 334 g/mol. The molecular weight excluding hydrogens is 315 g/mol. The number of hydrogen-bond donors (Lipinski definition) is 1. The first kappa shape index (κ1) is 16.8. The van der Waals surface area contributed by atoms with Crippen LogP contribution in [0.3, 0.4) is 0 Å². The Kier molecular flexibility index (Phi) is 5.19. The summed E-state index contributed by atoms with van der Waals surface area (Å²) in [5, 5.41) is 2.91.